The van der Waals surface area contributed by atoms with E-state index in [-0.39, 0.29) is 5.65 Å². The molecule has 0 aliphatic rings. The number of aromatic amines is 1. The number of halogens is 4. The highest BCUT2D eigenvalue weighted by Crippen LogP contribution is 2.28. The van der Waals surface area contributed by atoms with Crippen molar-refractivity contribution in [3.05, 3.63) is 52.2 Å². The van der Waals surface area contributed by atoms with Crippen molar-refractivity contribution in [2.24, 2.45) is 0 Å². The molecule has 0 saturated carbocycles. The van der Waals surface area contributed by atoms with Crippen LogP contribution < -0.4 is 5.56 Å². The number of H-pyrrole nitrogens is 1. The van der Waals surface area contributed by atoms with E-state index < -0.39 is 35.4 Å². The van der Waals surface area contributed by atoms with Gasteiger partial charge in [-0.3, -0.25) is 4.79 Å². The van der Waals surface area contributed by atoms with Crippen LogP contribution in [0.4, 0.5) is 17.6 Å². The Balaban J connectivity index is 2.19. The van der Waals surface area contributed by atoms with Gasteiger partial charge in [0.25, 0.3) is 5.56 Å². The molecule has 0 bridgehead atoms. The summed E-state index contributed by atoms with van der Waals surface area (Å²) in [5.74, 6) is -1.34. The topological polar surface area (TPSA) is 70.4 Å². The Hall–Kier alpha value is -2.84. The number of hydrogen-bond donors (Lipinski definition) is 2. The van der Waals surface area contributed by atoms with Crippen LogP contribution >= 0.6 is 0 Å². The summed E-state index contributed by atoms with van der Waals surface area (Å²) in [7, 11) is 0. The van der Waals surface area contributed by atoms with E-state index >= 15 is 0 Å². The van der Waals surface area contributed by atoms with E-state index in [9.17, 15) is 27.5 Å². The van der Waals surface area contributed by atoms with Gasteiger partial charge in [-0.25, -0.2) is 4.39 Å². The van der Waals surface area contributed by atoms with Crippen LogP contribution in [0.5, 0.6) is 5.88 Å². The second kappa shape index (κ2) is 5.11. The van der Waals surface area contributed by atoms with E-state index in [2.05, 4.69) is 10.1 Å². The Labute approximate surface area is 125 Å². The molecule has 23 heavy (non-hydrogen) atoms. The predicted octanol–water partition coefficient (Wildman–Crippen LogP) is 2.64. The van der Waals surface area contributed by atoms with Gasteiger partial charge in [-0.15, -0.1) is 0 Å². The Morgan fingerprint density at radius 3 is 2.48 bits per heavy atom. The first-order valence-corrected chi connectivity index (χ1v) is 6.41. The van der Waals surface area contributed by atoms with Crippen molar-refractivity contribution in [3.8, 4) is 17.0 Å². The molecule has 2 aromatic heterocycles. The number of hydrogen-bond acceptors (Lipinski definition) is 3. The molecule has 0 radical (unpaired) electrons. The maximum Gasteiger partial charge on any atom is 0.393 e. The summed E-state index contributed by atoms with van der Waals surface area (Å²) in [6, 6.07) is 5.22. The molecule has 0 atom stereocenters. The quantitative estimate of drug-likeness (QED) is 0.711. The van der Waals surface area contributed by atoms with E-state index in [1.54, 1.807) is 0 Å². The van der Waals surface area contributed by atoms with Crippen LogP contribution in [0.3, 0.4) is 0 Å². The number of fused-ring (bicyclic) bond motifs is 1. The van der Waals surface area contributed by atoms with Crippen LogP contribution in [0, 0.1) is 5.82 Å². The first-order chi connectivity index (χ1) is 10.8. The van der Waals surface area contributed by atoms with Gasteiger partial charge in [0.05, 0.1) is 18.2 Å². The Morgan fingerprint density at radius 1 is 1.22 bits per heavy atom. The highest BCUT2D eigenvalue weighted by molar-refractivity contribution is 5.77. The van der Waals surface area contributed by atoms with Crippen molar-refractivity contribution in [2.75, 3.05) is 0 Å². The normalized spacial score (nSPS) is 12.0. The van der Waals surface area contributed by atoms with Crippen molar-refractivity contribution in [1.29, 1.82) is 0 Å². The van der Waals surface area contributed by atoms with Crippen LogP contribution in [-0.2, 0) is 6.42 Å². The lowest BCUT2D eigenvalue weighted by molar-refractivity contribution is -0.127. The molecule has 0 spiro atoms. The first kappa shape index (κ1) is 15.1. The van der Waals surface area contributed by atoms with Gasteiger partial charge in [0.2, 0.25) is 5.88 Å². The van der Waals surface area contributed by atoms with Crippen LogP contribution in [-0.4, -0.2) is 25.9 Å². The predicted molar refractivity (Wildman–Crippen MR) is 72.6 cm³/mol. The Kier molecular flexibility index (Phi) is 3.35. The molecule has 3 rings (SSSR count). The number of benzene rings is 1. The lowest BCUT2D eigenvalue weighted by Crippen LogP contribution is -2.22. The summed E-state index contributed by atoms with van der Waals surface area (Å²) in [5, 5.41) is 13.7. The summed E-state index contributed by atoms with van der Waals surface area (Å²) >= 11 is 0. The van der Waals surface area contributed by atoms with Gasteiger partial charge in [0.15, 0.2) is 0 Å². The zero-order chi connectivity index (χ0) is 16.8. The molecule has 0 unspecified atom stereocenters. The summed E-state index contributed by atoms with van der Waals surface area (Å²) in [5.41, 5.74) is -1.03. The molecule has 0 aliphatic carbocycles. The van der Waals surface area contributed by atoms with Gasteiger partial charge in [0, 0.05) is 5.56 Å². The standard InChI is InChI=1S/C14H9F4N3O2/c15-8-3-1-7(2-4-8)10-6-19-21-11(10)20-12(22)9(13(21)23)5-14(16,17)18/h1-4,6,23H,5H2,(H,20,22). The van der Waals surface area contributed by atoms with Gasteiger partial charge in [-0.1, -0.05) is 12.1 Å². The average molecular weight is 327 g/mol. The molecule has 9 heteroatoms. The zero-order valence-corrected chi connectivity index (χ0v) is 11.4. The number of nitrogens with zero attached hydrogens (tertiary/aromatic N) is 2. The molecule has 2 heterocycles. The maximum absolute atomic E-state index is 13.0. The van der Waals surface area contributed by atoms with E-state index in [4.69, 9.17) is 0 Å². The first-order valence-electron chi connectivity index (χ1n) is 6.41. The van der Waals surface area contributed by atoms with Crippen molar-refractivity contribution < 1.29 is 22.7 Å². The van der Waals surface area contributed by atoms with E-state index in [0.29, 0.717) is 11.1 Å². The van der Waals surface area contributed by atoms with Gasteiger partial charge in [-0.05, 0) is 17.7 Å². The van der Waals surface area contributed by atoms with E-state index in [1.807, 2.05) is 0 Å². The summed E-state index contributed by atoms with van der Waals surface area (Å²) in [4.78, 5) is 14.1. The second-order valence-electron chi connectivity index (χ2n) is 4.87. The van der Waals surface area contributed by atoms with Crippen molar-refractivity contribution in [3.63, 3.8) is 0 Å². The smallest absolute Gasteiger partial charge is 0.393 e. The molecule has 0 amide bonds. The number of nitrogens with one attached hydrogen (secondary N) is 1. The van der Waals surface area contributed by atoms with Crippen molar-refractivity contribution >= 4 is 5.65 Å². The number of rotatable bonds is 2. The molecule has 0 saturated heterocycles. The van der Waals surface area contributed by atoms with Crippen LogP contribution in [0.25, 0.3) is 16.8 Å². The zero-order valence-electron chi connectivity index (χ0n) is 11.4. The van der Waals surface area contributed by atoms with Crippen LogP contribution in [0.1, 0.15) is 5.56 Å². The fourth-order valence-electron chi connectivity index (χ4n) is 2.24. The highest BCUT2D eigenvalue weighted by atomic mass is 19.4. The molecule has 2 N–H and O–H groups in total. The number of aromatic nitrogens is 3. The second-order valence-corrected chi connectivity index (χ2v) is 4.87. The minimum atomic E-state index is -4.65. The van der Waals surface area contributed by atoms with Crippen molar-refractivity contribution in [2.45, 2.75) is 12.6 Å². The van der Waals surface area contributed by atoms with E-state index in [1.165, 1.54) is 30.5 Å². The fraction of sp³-hybridized carbons (Fsp3) is 0.143. The molecular formula is C14H9F4N3O2. The maximum atomic E-state index is 13.0. The summed E-state index contributed by atoms with van der Waals surface area (Å²) in [6.07, 6.45) is -4.96. The van der Waals surface area contributed by atoms with Crippen LogP contribution in [0.15, 0.2) is 35.3 Å². The lowest BCUT2D eigenvalue weighted by Gasteiger charge is -2.08. The van der Waals surface area contributed by atoms with Crippen molar-refractivity contribution in [1.82, 2.24) is 14.6 Å². The summed E-state index contributed by atoms with van der Waals surface area (Å²) in [6.45, 7) is 0. The number of alkyl halides is 3. The largest absolute Gasteiger partial charge is 0.493 e. The van der Waals surface area contributed by atoms with Crippen LogP contribution in [0.2, 0.25) is 0 Å². The minimum absolute atomic E-state index is 0.0185. The van der Waals surface area contributed by atoms with Gasteiger partial charge in [0.1, 0.15) is 11.5 Å². The third kappa shape index (κ3) is 2.77. The van der Waals surface area contributed by atoms with Gasteiger partial charge >= 0.3 is 6.18 Å². The van der Waals surface area contributed by atoms with Gasteiger partial charge < -0.3 is 10.1 Å². The summed E-state index contributed by atoms with van der Waals surface area (Å²) < 4.78 is 51.2. The molecule has 5 nitrogen and oxygen atoms in total. The highest BCUT2D eigenvalue weighted by Gasteiger charge is 2.32. The molecular weight excluding hydrogens is 318 g/mol. The van der Waals surface area contributed by atoms with Gasteiger partial charge in [-0.2, -0.15) is 22.8 Å². The average Bonchev–Trinajstić information content (AvgIpc) is 2.87. The molecule has 0 fully saturated rings. The molecule has 0 aliphatic heterocycles. The molecule has 120 valence electrons. The third-order valence-electron chi connectivity index (χ3n) is 3.28. The SMILES string of the molecule is O=c1[nH]c2c(-c3ccc(F)cc3)cnn2c(O)c1CC(F)(F)F. The number of aromatic hydroxyl groups is 1. The Bertz CT molecular complexity index is 926. The molecule has 1 aromatic carbocycles. The monoisotopic (exact) mass is 327 g/mol. The molecule has 3 aromatic rings. The third-order valence-corrected chi connectivity index (χ3v) is 3.28. The Morgan fingerprint density at radius 2 is 1.87 bits per heavy atom. The lowest BCUT2D eigenvalue weighted by atomic mass is 10.1. The van der Waals surface area contributed by atoms with E-state index in [0.717, 1.165) is 4.52 Å². The minimum Gasteiger partial charge on any atom is -0.493 e. The fourth-order valence-corrected chi connectivity index (χ4v) is 2.24.